The van der Waals surface area contributed by atoms with E-state index in [1.54, 1.807) is 23.1 Å². The molecule has 2 aromatic carbocycles. The van der Waals surface area contributed by atoms with Crippen molar-refractivity contribution < 1.29 is 29.3 Å². The average Bonchev–Trinajstić information content (AvgIpc) is 3.39. The number of benzene rings is 2. The first-order chi connectivity index (χ1) is 18.9. The molecule has 1 aromatic heterocycles. The van der Waals surface area contributed by atoms with Crippen LogP contribution >= 0.6 is 23.3 Å². The molecule has 3 aromatic rings. The number of carbonyl (C=O) groups excluding carboxylic acids is 1. The molecule has 5 rings (SSSR count). The SMILES string of the molecule is COc1ccc(SN2CC(=O)N(c3cc(-c4ccccc4)sc3C(=O)O)C(C3CCCCC3)C2)cc1C(=O)O. The number of amides is 1. The Balaban J connectivity index is 1.48. The van der Waals surface area contributed by atoms with Crippen LogP contribution in [0, 0.1) is 5.92 Å². The van der Waals surface area contributed by atoms with Gasteiger partial charge in [0, 0.05) is 16.3 Å². The van der Waals surface area contributed by atoms with Crippen LogP contribution < -0.4 is 9.64 Å². The first-order valence-corrected chi connectivity index (χ1v) is 14.5. The minimum Gasteiger partial charge on any atom is -0.496 e. The highest BCUT2D eigenvalue weighted by Gasteiger charge is 2.41. The minimum absolute atomic E-state index is 0.0640. The van der Waals surface area contributed by atoms with Gasteiger partial charge in [0.2, 0.25) is 5.91 Å². The lowest BCUT2D eigenvalue weighted by Crippen LogP contribution is -2.58. The maximum Gasteiger partial charge on any atom is 0.348 e. The lowest BCUT2D eigenvalue weighted by molar-refractivity contribution is -0.121. The molecule has 2 aliphatic rings. The van der Waals surface area contributed by atoms with Crippen molar-refractivity contribution in [3.8, 4) is 16.2 Å². The summed E-state index contributed by atoms with van der Waals surface area (Å²) in [5, 5.41) is 19.7. The van der Waals surface area contributed by atoms with Crippen LogP contribution in [0.15, 0.2) is 59.5 Å². The number of carboxylic acids is 2. The van der Waals surface area contributed by atoms with Gasteiger partial charge in [-0.05, 0) is 60.5 Å². The van der Waals surface area contributed by atoms with Crippen molar-refractivity contribution in [1.82, 2.24) is 4.31 Å². The predicted octanol–water partition coefficient (Wildman–Crippen LogP) is 6.12. The number of thiophene rings is 1. The van der Waals surface area contributed by atoms with Gasteiger partial charge in [0.15, 0.2) is 0 Å². The summed E-state index contributed by atoms with van der Waals surface area (Å²) in [6.45, 7) is 0.628. The smallest absolute Gasteiger partial charge is 0.348 e. The van der Waals surface area contributed by atoms with Crippen LogP contribution in [0.3, 0.4) is 0 Å². The van der Waals surface area contributed by atoms with E-state index in [2.05, 4.69) is 0 Å². The number of ether oxygens (including phenoxy) is 1. The molecule has 0 bridgehead atoms. The molecule has 2 fully saturated rings. The van der Waals surface area contributed by atoms with Gasteiger partial charge in [-0.15, -0.1) is 11.3 Å². The Kier molecular flexibility index (Phi) is 8.25. The van der Waals surface area contributed by atoms with Crippen LogP contribution in [0.25, 0.3) is 10.4 Å². The second-order valence-electron chi connectivity index (χ2n) is 9.81. The number of nitrogens with zero attached hydrogens (tertiary/aromatic N) is 2. The molecule has 39 heavy (non-hydrogen) atoms. The highest BCUT2D eigenvalue weighted by Crippen LogP contribution is 2.42. The molecule has 10 heteroatoms. The van der Waals surface area contributed by atoms with Crippen molar-refractivity contribution in [1.29, 1.82) is 0 Å². The Morgan fingerprint density at radius 1 is 1.00 bits per heavy atom. The van der Waals surface area contributed by atoms with E-state index in [9.17, 15) is 24.6 Å². The second-order valence-corrected chi connectivity index (χ2v) is 12.0. The van der Waals surface area contributed by atoms with E-state index in [0.717, 1.165) is 42.5 Å². The molecule has 204 valence electrons. The summed E-state index contributed by atoms with van der Waals surface area (Å²) in [5.74, 6) is -1.75. The van der Waals surface area contributed by atoms with Crippen LogP contribution in [0.2, 0.25) is 0 Å². The Morgan fingerprint density at radius 3 is 2.41 bits per heavy atom. The van der Waals surface area contributed by atoms with E-state index in [-0.39, 0.29) is 40.6 Å². The predicted molar refractivity (Wildman–Crippen MR) is 152 cm³/mol. The summed E-state index contributed by atoms with van der Waals surface area (Å²) >= 11 is 2.55. The van der Waals surface area contributed by atoms with Crippen molar-refractivity contribution in [3.05, 3.63) is 65.0 Å². The summed E-state index contributed by atoms with van der Waals surface area (Å²) in [6, 6.07) is 16.3. The number of anilines is 1. The van der Waals surface area contributed by atoms with Crippen molar-refractivity contribution in [3.63, 3.8) is 0 Å². The number of methoxy groups -OCH3 is 1. The van der Waals surface area contributed by atoms with Gasteiger partial charge in [-0.25, -0.2) is 13.9 Å². The zero-order valence-electron chi connectivity index (χ0n) is 21.5. The monoisotopic (exact) mass is 566 g/mol. The van der Waals surface area contributed by atoms with Crippen LogP contribution in [-0.4, -0.2) is 58.6 Å². The summed E-state index contributed by atoms with van der Waals surface area (Å²) in [5.41, 5.74) is 1.45. The van der Waals surface area contributed by atoms with Crippen LogP contribution in [0.4, 0.5) is 5.69 Å². The van der Waals surface area contributed by atoms with E-state index >= 15 is 0 Å². The molecule has 1 aliphatic carbocycles. The van der Waals surface area contributed by atoms with E-state index in [0.29, 0.717) is 17.1 Å². The average molecular weight is 567 g/mol. The molecule has 1 aliphatic heterocycles. The zero-order valence-corrected chi connectivity index (χ0v) is 23.2. The van der Waals surface area contributed by atoms with Gasteiger partial charge in [0.1, 0.15) is 16.2 Å². The molecule has 8 nitrogen and oxygen atoms in total. The van der Waals surface area contributed by atoms with Gasteiger partial charge in [-0.3, -0.25) is 4.79 Å². The number of hydrogen-bond acceptors (Lipinski definition) is 7. The Hall–Kier alpha value is -3.34. The lowest BCUT2D eigenvalue weighted by atomic mass is 9.82. The third kappa shape index (κ3) is 5.83. The Bertz CT molecular complexity index is 1370. The first kappa shape index (κ1) is 27.2. The quantitative estimate of drug-likeness (QED) is 0.314. The second kappa shape index (κ2) is 11.8. The van der Waals surface area contributed by atoms with Gasteiger partial charge in [0.25, 0.3) is 0 Å². The lowest BCUT2D eigenvalue weighted by Gasteiger charge is -2.45. The van der Waals surface area contributed by atoms with Crippen molar-refractivity contribution in [2.75, 3.05) is 25.1 Å². The number of piperazine rings is 1. The molecule has 1 atom stereocenters. The normalized spacial score (nSPS) is 18.7. The standard InChI is InChI=1S/C29H30N2O6S2/c1-37-24-13-12-20(14-21(24)28(33)34)39-30-16-23(18-8-4-2-5-9-18)31(26(32)17-30)22-15-25(38-27(22)29(35)36)19-10-6-3-7-11-19/h3,6-7,10-15,18,23H,2,4-5,8-9,16-17H2,1H3,(H,33,34)(H,35,36). The summed E-state index contributed by atoms with van der Waals surface area (Å²) < 4.78 is 7.15. The fourth-order valence-corrected chi connectivity index (χ4v) is 7.54. The molecule has 1 saturated heterocycles. The summed E-state index contributed by atoms with van der Waals surface area (Å²) in [4.78, 5) is 41.3. The van der Waals surface area contributed by atoms with E-state index in [4.69, 9.17) is 4.74 Å². The van der Waals surface area contributed by atoms with Crippen molar-refractivity contribution >= 4 is 46.8 Å². The number of rotatable bonds is 8. The highest BCUT2D eigenvalue weighted by atomic mass is 32.2. The Morgan fingerprint density at radius 2 is 1.74 bits per heavy atom. The third-order valence-electron chi connectivity index (χ3n) is 7.36. The zero-order chi connectivity index (χ0) is 27.5. The van der Waals surface area contributed by atoms with Crippen molar-refractivity contribution in [2.45, 2.75) is 43.0 Å². The molecule has 2 N–H and O–H groups in total. The van der Waals surface area contributed by atoms with Crippen LogP contribution in [0.1, 0.15) is 52.1 Å². The molecule has 1 unspecified atom stereocenters. The van der Waals surface area contributed by atoms with Gasteiger partial charge >= 0.3 is 11.9 Å². The molecule has 0 radical (unpaired) electrons. The molecule has 0 spiro atoms. The first-order valence-electron chi connectivity index (χ1n) is 12.9. The van der Waals surface area contributed by atoms with Crippen LogP contribution in [0.5, 0.6) is 5.75 Å². The highest BCUT2D eigenvalue weighted by molar-refractivity contribution is 7.97. The molecule has 1 amide bonds. The fourth-order valence-electron chi connectivity index (χ4n) is 5.55. The van der Waals surface area contributed by atoms with Gasteiger partial charge < -0.3 is 19.8 Å². The number of aromatic carboxylic acids is 2. The van der Waals surface area contributed by atoms with E-state index in [1.165, 1.54) is 30.4 Å². The van der Waals surface area contributed by atoms with Crippen molar-refractivity contribution in [2.24, 2.45) is 5.92 Å². The molecular formula is C29H30N2O6S2. The van der Waals surface area contributed by atoms with Gasteiger partial charge in [0.05, 0.1) is 25.4 Å². The van der Waals surface area contributed by atoms with E-state index in [1.807, 2.05) is 40.7 Å². The maximum absolute atomic E-state index is 13.8. The topological polar surface area (TPSA) is 107 Å². The molecule has 2 heterocycles. The molecular weight excluding hydrogens is 536 g/mol. The van der Waals surface area contributed by atoms with Gasteiger partial charge in [-0.1, -0.05) is 49.6 Å². The number of carboxylic acid groups (broad SMARTS) is 2. The summed E-state index contributed by atoms with van der Waals surface area (Å²) in [7, 11) is 1.43. The number of hydrogen-bond donors (Lipinski definition) is 2. The summed E-state index contributed by atoms with van der Waals surface area (Å²) in [6.07, 6.45) is 5.30. The molecule has 1 saturated carbocycles. The minimum atomic E-state index is -1.08. The Labute approximate surface area is 235 Å². The van der Waals surface area contributed by atoms with Gasteiger partial charge in [-0.2, -0.15) is 0 Å². The maximum atomic E-state index is 13.8. The van der Waals surface area contributed by atoms with Crippen LogP contribution in [-0.2, 0) is 4.79 Å². The largest absolute Gasteiger partial charge is 0.496 e. The van der Waals surface area contributed by atoms with E-state index < -0.39 is 11.9 Å². The number of carbonyl (C=O) groups is 3. The fraction of sp³-hybridized carbons (Fsp3) is 0.345. The third-order valence-corrected chi connectivity index (χ3v) is 9.52.